The Bertz CT molecular complexity index is 819. The van der Waals surface area contributed by atoms with Gasteiger partial charge in [-0.1, -0.05) is 29.8 Å². The molecule has 3 nitrogen and oxygen atoms in total. The number of aliphatic imine (C=N–C) groups is 1. The van der Waals surface area contributed by atoms with Gasteiger partial charge in [0, 0.05) is 16.0 Å². The lowest BCUT2D eigenvalue weighted by atomic mass is 10.1. The summed E-state index contributed by atoms with van der Waals surface area (Å²) in [5.41, 5.74) is 9.33. The van der Waals surface area contributed by atoms with E-state index in [4.69, 9.17) is 17.3 Å². The first-order valence-corrected chi connectivity index (χ1v) is 6.97. The molecule has 0 unspecified atom stereocenters. The zero-order valence-corrected chi connectivity index (χ0v) is 12.3. The van der Waals surface area contributed by atoms with Crippen molar-refractivity contribution in [1.29, 1.82) is 0 Å². The molecule has 0 amide bonds. The lowest BCUT2D eigenvalue weighted by Gasteiger charge is -2.04. The number of rotatable bonds is 2. The molecule has 3 aromatic rings. The topological polar surface area (TPSA) is 51.3 Å². The SMILES string of the molecule is CC(N)=Nc1ccc2nc(-c3ccc(Cl)cc3)ccc2c1. The van der Waals surface area contributed by atoms with E-state index < -0.39 is 0 Å². The van der Waals surface area contributed by atoms with Crippen LogP contribution in [0, 0.1) is 0 Å². The van der Waals surface area contributed by atoms with Crippen LogP contribution in [0.5, 0.6) is 0 Å². The van der Waals surface area contributed by atoms with E-state index in [1.54, 1.807) is 6.92 Å². The van der Waals surface area contributed by atoms with Gasteiger partial charge in [0.2, 0.25) is 0 Å². The lowest BCUT2D eigenvalue weighted by molar-refractivity contribution is 1.39. The third kappa shape index (κ3) is 3.03. The number of amidine groups is 1. The number of benzene rings is 2. The highest BCUT2D eigenvalue weighted by molar-refractivity contribution is 6.30. The van der Waals surface area contributed by atoms with Gasteiger partial charge in [-0.3, -0.25) is 0 Å². The van der Waals surface area contributed by atoms with Gasteiger partial charge in [-0.2, -0.15) is 0 Å². The second-order valence-electron chi connectivity index (χ2n) is 4.83. The average molecular weight is 296 g/mol. The molecule has 0 bridgehead atoms. The Morgan fingerprint density at radius 2 is 1.81 bits per heavy atom. The molecular formula is C17H14ClN3. The molecule has 0 aliphatic rings. The van der Waals surface area contributed by atoms with E-state index in [0.717, 1.165) is 32.9 Å². The molecular weight excluding hydrogens is 282 g/mol. The lowest BCUT2D eigenvalue weighted by Crippen LogP contribution is -2.03. The second-order valence-corrected chi connectivity index (χ2v) is 5.27. The molecule has 0 saturated heterocycles. The van der Waals surface area contributed by atoms with Crippen molar-refractivity contribution < 1.29 is 0 Å². The van der Waals surface area contributed by atoms with Gasteiger partial charge in [0.25, 0.3) is 0 Å². The summed E-state index contributed by atoms with van der Waals surface area (Å²) in [6.45, 7) is 1.77. The number of hydrogen-bond acceptors (Lipinski definition) is 2. The van der Waals surface area contributed by atoms with Crippen molar-refractivity contribution in [3.8, 4) is 11.3 Å². The highest BCUT2D eigenvalue weighted by Crippen LogP contribution is 2.25. The van der Waals surface area contributed by atoms with Crippen LogP contribution in [0.15, 0.2) is 59.6 Å². The van der Waals surface area contributed by atoms with Crippen LogP contribution in [0.4, 0.5) is 5.69 Å². The summed E-state index contributed by atoms with van der Waals surface area (Å²) >= 11 is 5.91. The third-order valence-corrected chi connectivity index (χ3v) is 3.37. The van der Waals surface area contributed by atoms with Crippen LogP contribution in [-0.4, -0.2) is 10.8 Å². The zero-order valence-electron chi connectivity index (χ0n) is 11.5. The minimum absolute atomic E-state index is 0.542. The van der Waals surface area contributed by atoms with Gasteiger partial charge in [-0.05, 0) is 43.3 Å². The van der Waals surface area contributed by atoms with Gasteiger partial charge in [-0.15, -0.1) is 0 Å². The van der Waals surface area contributed by atoms with Gasteiger partial charge in [-0.25, -0.2) is 9.98 Å². The van der Waals surface area contributed by atoms with E-state index in [1.165, 1.54) is 0 Å². The van der Waals surface area contributed by atoms with Gasteiger partial charge in [0.1, 0.15) is 0 Å². The Hall–Kier alpha value is -2.39. The monoisotopic (exact) mass is 295 g/mol. The fourth-order valence-corrected chi connectivity index (χ4v) is 2.29. The smallest absolute Gasteiger partial charge is 0.0964 e. The molecule has 1 aromatic heterocycles. The van der Waals surface area contributed by atoms with Crippen molar-refractivity contribution in [3.05, 3.63) is 59.6 Å². The Morgan fingerprint density at radius 1 is 1.05 bits per heavy atom. The molecule has 104 valence electrons. The highest BCUT2D eigenvalue weighted by Gasteiger charge is 2.02. The Morgan fingerprint density at radius 3 is 2.52 bits per heavy atom. The Kier molecular flexibility index (Phi) is 3.59. The van der Waals surface area contributed by atoms with Crippen LogP contribution in [-0.2, 0) is 0 Å². The van der Waals surface area contributed by atoms with E-state index in [2.05, 4.69) is 9.98 Å². The molecule has 2 N–H and O–H groups in total. The summed E-state index contributed by atoms with van der Waals surface area (Å²) in [5.74, 6) is 0.542. The van der Waals surface area contributed by atoms with Crippen LogP contribution in [0.25, 0.3) is 22.2 Å². The normalized spacial score (nSPS) is 11.8. The maximum Gasteiger partial charge on any atom is 0.0964 e. The molecule has 0 aliphatic carbocycles. The van der Waals surface area contributed by atoms with Crippen LogP contribution >= 0.6 is 11.6 Å². The van der Waals surface area contributed by atoms with Crippen molar-refractivity contribution in [1.82, 2.24) is 4.98 Å². The van der Waals surface area contributed by atoms with Crippen molar-refractivity contribution in [2.75, 3.05) is 0 Å². The largest absolute Gasteiger partial charge is 0.387 e. The van der Waals surface area contributed by atoms with Gasteiger partial charge in [0.15, 0.2) is 0 Å². The van der Waals surface area contributed by atoms with E-state index in [-0.39, 0.29) is 0 Å². The molecule has 0 spiro atoms. The number of nitrogens with two attached hydrogens (primary N) is 1. The van der Waals surface area contributed by atoms with Crippen LogP contribution in [0.3, 0.4) is 0 Å². The predicted octanol–water partition coefficient (Wildman–Crippen LogP) is 4.56. The zero-order chi connectivity index (χ0) is 14.8. The molecule has 0 radical (unpaired) electrons. The average Bonchev–Trinajstić information content (AvgIpc) is 2.47. The van der Waals surface area contributed by atoms with E-state index in [9.17, 15) is 0 Å². The van der Waals surface area contributed by atoms with Crippen LogP contribution in [0.2, 0.25) is 5.02 Å². The fraction of sp³-hybridized carbons (Fsp3) is 0.0588. The number of fused-ring (bicyclic) bond motifs is 1. The predicted molar refractivity (Wildman–Crippen MR) is 89.1 cm³/mol. The summed E-state index contributed by atoms with van der Waals surface area (Å²) < 4.78 is 0. The van der Waals surface area contributed by atoms with Gasteiger partial charge in [0.05, 0.1) is 22.7 Å². The summed E-state index contributed by atoms with van der Waals surface area (Å²) in [4.78, 5) is 8.92. The van der Waals surface area contributed by atoms with Crippen LogP contribution < -0.4 is 5.73 Å². The van der Waals surface area contributed by atoms with E-state index in [1.807, 2.05) is 54.6 Å². The van der Waals surface area contributed by atoms with Gasteiger partial charge >= 0.3 is 0 Å². The van der Waals surface area contributed by atoms with Crippen LogP contribution in [0.1, 0.15) is 6.92 Å². The Labute approximate surface area is 128 Å². The molecule has 4 heteroatoms. The summed E-state index contributed by atoms with van der Waals surface area (Å²) in [6, 6.07) is 17.5. The summed E-state index contributed by atoms with van der Waals surface area (Å²) in [7, 11) is 0. The third-order valence-electron chi connectivity index (χ3n) is 3.12. The minimum atomic E-state index is 0.542. The molecule has 2 aromatic carbocycles. The molecule has 21 heavy (non-hydrogen) atoms. The van der Waals surface area contributed by atoms with E-state index in [0.29, 0.717) is 5.84 Å². The molecule has 0 saturated carbocycles. The van der Waals surface area contributed by atoms with Gasteiger partial charge < -0.3 is 5.73 Å². The fourth-order valence-electron chi connectivity index (χ4n) is 2.17. The number of aromatic nitrogens is 1. The number of nitrogens with zero attached hydrogens (tertiary/aromatic N) is 2. The number of pyridine rings is 1. The first kappa shape index (κ1) is 13.6. The Balaban J connectivity index is 2.05. The molecule has 0 fully saturated rings. The quantitative estimate of drug-likeness (QED) is 0.556. The van der Waals surface area contributed by atoms with Crippen molar-refractivity contribution in [3.63, 3.8) is 0 Å². The number of hydrogen-bond donors (Lipinski definition) is 1. The summed E-state index contributed by atoms with van der Waals surface area (Å²) in [6.07, 6.45) is 0. The standard InChI is InChI=1S/C17H14ClN3/c1-11(19)20-15-7-9-17-13(10-15)4-8-16(21-17)12-2-5-14(18)6-3-12/h2-10H,1H3,(H2,19,20). The van der Waals surface area contributed by atoms with Crippen molar-refractivity contribution in [2.24, 2.45) is 10.7 Å². The first-order chi connectivity index (χ1) is 10.1. The van der Waals surface area contributed by atoms with Crippen molar-refractivity contribution in [2.45, 2.75) is 6.92 Å². The summed E-state index contributed by atoms with van der Waals surface area (Å²) in [5, 5.41) is 1.76. The van der Waals surface area contributed by atoms with Crippen molar-refractivity contribution >= 4 is 34.0 Å². The number of halogens is 1. The first-order valence-electron chi connectivity index (χ1n) is 6.59. The maximum absolute atomic E-state index is 5.91. The van der Waals surface area contributed by atoms with E-state index >= 15 is 0 Å². The molecule has 1 heterocycles. The highest BCUT2D eigenvalue weighted by atomic mass is 35.5. The molecule has 3 rings (SSSR count). The minimum Gasteiger partial charge on any atom is -0.387 e. The maximum atomic E-state index is 5.91. The second kappa shape index (κ2) is 5.54. The molecule has 0 aliphatic heterocycles. The molecule has 0 atom stereocenters.